The van der Waals surface area contributed by atoms with Crippen LogP contribution in [0.25, 0.3) is 0 Å². The molecule has 0 bridgehead atoms. The first-order valence-corrected chi connectivity index (χ1v) is 5.75. The van der Waals surface area contributed by atoms with Crippen molar-refractivity contribution in [2.24, 2.45) is 0 Å². The number of ether oxygens (including phenoxy) is 1. The fraction of sp³-hybridized carbons (Fsp3) is 0.750. The topological polar surface area (TPSA) is 47.3 Å². The summed E-state index contributed by atoms with van der Waals surface area (Å²) in [6.45, 7) is 6.85. The third-order valence-corrected chi connectivity index (χ3v) is 2.96. The van der Waals surface area contributed by atoms with Crippen LogP contribution in [0.5, 0.6) is 0 Å². The Bertz CT molecular complexity index is 321. The van der Waals surface area contributed by atoms with E-state index in [1.54, 1.807) is 13.3 Å². The molecule has 0 aliphatic heterocycles. The first-order chi connectivity index (χ1) is 7.50. The van der Waals surface area contributed by atoms with Gasteiger partial charge >= 0.3 is 0 Å². The summed E-state index contributed by atoms with van der Waals surface area (Å²) >= 11 is 0. The molecule has 92 valence electrons. The molecule has 1 rings (SSSR count). The van der Waals surface area contributed by atoms with Crippen LogP contribution < -0.4 is 0 Å². The lowest BCUT2D eigenvalue weighted by Gasteiger charge is -2.24. The van der Waals surface area contributed by atoms with E-state index in [1.807, 2.05) is 31.5 Å². The van der Waals surface area contributed by atoms with Gasteiger partial charge in [-0.2, -0.15) is 5.10 Å². The van der Waals surface area contributed by atoms with Crippen molar-refractivity contribution in [1.82, 2.24) is 9.78 Å². The van der Waals surface area contributed by atoms with Crippen molar-refractivity contribution in [2.45, 2.75) is 51.9 Å². The second-order valence-electron chi connectivity index (χ2n) is 4.59. The monoisotopic (exact) mass is 226 g/mol. The second kappa shape index (κ2) is 5.46. The molecule has 0 aromatic carbocycles. The predicted molar refractivity (Wildman–Crippen MR) is 63.2 cm³/mol. The summed E-state index contributed by atoms with van der Waals surface area (Å²) in [6.07, 6.45) is 2.77. The van der Waals surface area contributed by atoms with Crippen molar-refractivity contribution in [3.8, 4) is 0 Å². The zero-order valence-corrected chi connectivity index (χ0v) is 10.6. The number of aliphatic hydroxyl groups is 1. The molecule has 4 heteroatoms. The normalized spacial score (nSPS) is 14.1. The maximum atomic E-state index is 10.1. The van der Waals surface area contributed by atoms with Crippen molar-refractivity contribution < 1.29 is 9.84 Å². The Labute approximate surface area is 97.2 Å². The molecule has 4 nitrogen and oxygen atoms in total. The SMILES string of the molecule is CCn1nccc1C(O)CCC(C)(C)OC. The Morgan fingerprint density at radius 3 is 2.81 bits per heavy atom. The minimum Gasteiger partial charge on any atom is -0.387 e. The van der Waals surface area contributed by atoms with E-state index in [9.17, 15) is 5.11 Å². The average Bonchev–Trinajstić information content (AvgIpc) is 2.74. The van der Waals surface area contributed by atoms with Gasteiger partial charge in [0.15, 0.2) is 0 Å². The highest BCUT2D eigenvalue weighted by Crippen LogP contribution is 2.24. The van der Waals surface area contributed by atoms with E-state index >= 15 is 0 Å². The smallest absolute Gasteiger partial charge is 0.0957 e. The maximum Gasteiger partial charge on any atom is 0.0957 e. The summed E-state index contributed by atoms with van der Waals surface area (Å²) in [4.78, 5) is 0. The molecule has 0 aliphatic carbocycles. The zero-order valence-electron chi connectivity index (χ0n) is 10.6. The molecule has 0 radical (unpaired) electrons. The quantitative estimate of drug-likeness (QED) is 0.808. The largest absolute Gasteiger partial charge is 0.387 e. The highest BCUT2D eigenvalue weighted by molar-refractivity contribution is 5.04. The molecule has 1 unspecified atom stereocenters. The van der Waals surface area contributed by atoms with Crippen LogP contribution in [0.4, 0.5) is 0 Å². The minimum atomic E-state index is -0.461. The third-order valence-electron chi connectivity index (χ3n) is 2.96. The van der Waals surface area contributed by atoms with Gasteiger partial charge in [-0.3, -0.25) is 4.68 Å². The predicted octanol–water partition coefficient (Wildman–Crippen LogP) is 2.14. The molecule has 16 heavy (non-hydrogen) atoms. The summed E-state index contributed by atoms with van der Waals surface area (Å²) in [6, 6.07) is 1.87. The summed E-state index contributed by atoms with van der Waals surface area (Å²) in [5.41, 5.74) is 0.701. The number of hydrogen-bond donors (Lipinski definition) is 1. The fourth-order valence-electron chi connectivity index (χ4n) is 1.62. The van der Waals surface area contributed by atoms with Gasteiger partial charge in [-0.05, 0) is 39.7 Å². The lowest BCUT2D eigenvalue weighted by atomic mass is 9.99. The molecular weight excluding hydrogens is 204 g/mol. The molecule has 0 amide bonds. The molecule has 1 aromatic heterocycles. The number of aliphatic hydroxyl groups excluding tert-OH is 1. The Morgan fingerprint density at radius 1 is 1.56 bits per heavy atom. The second-order valence-corrected chi connectivity index (χ2v) is 4.59. The van der Waals surface area contributed by atoms with Gasteiger partial charge in [0.25, 0.3) is 0 Å². The number of aromatic nitrogens is 2. The third kappa shape index (κ3) is 3.32. The van der Waals surface area contributed by atoms with Crippen molar-refractivity contribution in [2.75, 3.05) is 7.11 Å². The molecule has 1 aromatic rings. The molecule has 0 saturated heterocycles. The lowest BCUT2D eigenvalue weighted by Crippen LogP contribution is -2.23. The van der Waals surface area contributed by atoms with Gasteiger partial charge < -0.3 is 9.84 Å². The van der Waals surface area contributed by atoms with Crippen LogP contribution in [0.1, 0.15) is 45.4 Å². The van der Waals surface area contributed by atoms with Crippen LogP contribution in [0, 0.1) is 0 Å². The summed E-state index contributed by atoms with van der Waals surface area (Å²) in [5, 5.41) is 14.2. The lowest BCUT2D eigenvalue weighted by molar-refractivity contribution is 0.00200. The molecule has 1 heterocycles. The molecule has 1 N–H and O–H groups in total. The van der Waals surface area contributed by atoms with Crippen LogP contribution >= 0.6 is 0 Å². The molecule has 1 atom stereocenters. The van der Waals surface area contributed by atoms with Crippen LogP contribution in [-0.2, 0) is 11.3 Å². The van der Waals surface area contributed by atoms with E-state index < -0.39 is 6.10 Å². The Balaban J connectivity index is 2.56. The van der Waals surface area contributed by atoms with E-state index in [0.717, 1.165) is 18.7 Å². The van der Waals surface area contributed by atoms with Crippen LogP contribution in [0.3, 0.4) is 0 Å². The molecule has 0 aliphatic rings. The van der Waals surface area contributed by atoms with Crippen molar-refractivity contribution in [3.63, 3.8) is 0 Å². The Morgan fingerprint density at radius 2 is 2.25 bits per heavy atom. The standard InChI is InChI=1S/C12H22N2O2/c1-5-14-10(7-9-13-14)11(15)6-8-12(2,3)16-4/h7,9,11,15H,5-6,8H2,1-4H3. The van der Waals surface area contributed by atoms with E-state index in [0.29, 0.717) is 6.42 Å². The summed E-state index contributed by atoms with van der Waals surface area (Å²) < 4.78 is 7.15. The number of hydrogen-bond acceptors (Lipinski definition) is 3. The summed E-state index contributed by atoms with van der Waals surface area (Å²) in [5.74, 6) is 0. The van der Waals surface area contributed by atoms with Crippen LogP contribution in [-0.4, -0.2) is 27.6 Å². The number of aryl methyl sites for hydroxylation is 1. The highest BCUT2D eigenvalue weighted by atomic mass is 16.5. The van der Waals surface area contributed by atoms with Crippen molar-refractivity contribution in [3.05, 3.63) is 18.0 Å². The van der Waals surface area contributed by atoms with E-state index in [1.165, 1.54) is 0 Å². The van der Waals surface area contributed by atoms with Crippen LogP contribution in [0.2, 0.25) is 0 Å². The molecule has 0 spiro atoms. The highest BCUT2D eigenvalue weighted by Gasteiger charge is 2.20. The van der Waals surface area contributed by atoms with Gasteiger partial charge in [0.1, 0.15) is 0 Å². The van der Waals surface area contributed by atoms with Gasteiger partial charge in [0.2, 0.25) is 0 Å². The minimum absolute atomic E-state index is 0.182. The fourth-order valence-corrected chi connectivity index (χ4v) is 1.62. The number of rotatable bonds is 6. The van der Waals surface area contributed by atoms with Crippen molar-refractivity contribution in [1.29, 1.82) is 0 Å². The van der Waals surface area contributed by atoms with Gasteiger partial charge in [0, 0.05) is 19.9 Å². The number of methoxy groups -OCH3 is 1. The van der Waals surface area contributed by atoms with E-state index in [-0.39, 0.29) is 5.60 Å². The van der Waals surface area contributed by atoms with Gasteiger partial charge in [-0.1, -0.05) is 0 Å². The first-order valence-electron chi connectivity index (χ1n) is 5.75. The molecule has 0 fully saturated rings. The Kier molecular flexibility index (Phi) is 4.50. The van der Waals surface area contributed by atoms with E-state index in [2.05, 4.69) is 5.10 Å². The average molecular weight is 226 g/mol. The Hall–Kier alpha value is -0.870. The van der Waals surface area contributed by atoms with Gasteiger partial charge in [-0.25, -0.2) is 0 Å². The maximum absolute atomic E-state index is 10.1. The van der Waals surface area contributed by atoms with Gasteiger partial charge in [0.05, 0.1) is 17.4 Å². The first kappa shape index (κ1) is 13.2. The molecule has 0 saturated carbocycles. The summed E-state index contributed by atoms with van der Waals surface area (Å²) in [7, 11) is 1.70. The number of nitrogens with zero attached hydrogens (tertiary/aromatic N) is 2. The van der Waals surface area contributed by atoms with Crippen LogP contribution in [0.15, 0.2) is 12.3 Å². The van der Waals surface area contributed by atoms with Gasteiger partial charge in [-0.15, -0.1) is 0 Å². The zero-order chi connectivity index (χ0) is 12.2. The van der Waals surface area contributed by atoms with Crippen molar-refractivity contribution >= 4 is 0 Å². The molecular formula is C12H22N2O2. The van der Waals surface area contributed by atoms with E-state index in [4.69, 9.17) is 4.74 Å².